The molecule has 0 aromatic heterocycles. The number of carbonyl (C=O) groups excluding carboxylic acids is 1. The smallest absolute Gasteiger partial charge is 0.328 e. The Morgan fingerprint density at radius 1 is 1.56 bits per heavy atom. The Bertz CT molecular complexity index is 279. The van der Waals surface area contributed by atoms with E-state index < -0.39 is 18.0 Å². The number of amides is 2. The highest BCUT2D eigenvalue weighted by Gasteiger charge is 2.20. The molecule has 1 fully saturated rings. The largest absolute Gasteiger partial charge is 0.480 e. The normalized spacial score (nSPS) is 20.4. The SMILES string of the molecule is COCC(NC(=O)NCCC1CCOC1)C(=O)O. The van der Waals surface area contributed by atoms with Crippen LogP contribution < -0.4 is 10.6 Å². The average molecular weight is 260 g/mol. The lowest BCUT2D eigenvalue weighted by Crippen LogP contribution is -2.48. The average Bonchev–Trinajstić information content (AvgIpc) is 2.81. The fourth-order valence-electron chi connectivity index (χ4n) is 1.75. The molecule has 2 amide bonds. The molecule has 2 atom stereocenters. The zero-order valence-corrected chi connectivity index (χ0v) is 10.5. The van der Waals surface area contributed by atoms with Gasteiger partial charge >= 0.3 is 12.0 Å². The molecule has 0 aromatic carbocycles. The number of hydrogen-bond donors (Lipinski definition) is 3. The third-order valence-corrected chi connectivity index (χ3v) is 2.80. The van der Waals surface area contributed by atoms with E-state index in [1.807, 2.05) is 0 Å². The number of nitrogens with one attached hydrogen (secondary N) is 2. The van der Waals surface area contributed by atoms with E-state index in [1.165, 1.54) is 7.11 Å². The quantitative estimate of drug-likeness (QED) is 0.589. The van der Waals surface area contributed by atoms with Crippen LogP contribution in [0.2, 0.25) is 0 Å². The molecule has 0 bridgehead atoms. The first-order valence-electron chi connectivity index (χ1n) is 5.97. The lowest BCUT2D eigenvalue weighted by Gasteiger charge is -2.14. The van der Waals surface area contributed by atoms with Crippen LogP contribution in [0.15, 0.2) is 0 Å². The van der Waals surface area contributed by atoms with Gasteiger partial charge in [-0.1, -0.05) is 0 Å². The molecule has 2 unspecified atom stereocenters. The molecule has 1 aliphatic rings. The minimum atomic E-state index is -1.11. The minimum Gasteiger partial charge on any atom is -0.480 e. The molecule has 0 radical (unpaired) electrons. The summed E-state index contributed by atoms with van der Waals surface area (Å²) < 4.78 is 9.93. The number of hydrogen-bond acceptors (Lipinski definition) is 4. The Balaban J connectivity index is 2.16. The van der Waals surface area contributed by atoms with Crippen LogP contribution >= 0.6 is 0 Å². The van der Waals surface area contributed by atoms with E-state index in [-0.39, 0.29) is 6.61 Å². The van der Waals surface area contributed by atoms with Gasteiger partial charge in [-0.2, -0.15) is 0 Å². The number of ether oxygens (including phenoxy) is 2. The van der Waals surface area contributed by atoms with Gasteiger partial charge in [0.1, 0.15) is 0 Å². The van der Waals surface area contributed by atoms with Gasteiger partial charge in [0.25, 0.3) is 0 Å². The summed E-state index contributed by atoms with van der Waals surface area (Å²) in [5, 5.41) is 13.8. The molecule has 104 valence electrons. The standard InChI is InChI=1S/C11H20N2O5/c1-17-7-9(10(14)15)13-11(16)12-4-2-8-3-5-18-6-8/h8-9H,2-7H2,1H3,(H,14,15)(H2,12,13,16). The third kappa shape index (κ3) is 5.33. The number of carbonyl (C=O) groups is 2. The molecule has 7 nitrogen and oxygen atoms in total. The van der Waals surface area contributed by atoms with Gasteiger partial charge in [0, 0.05) is 26.9 Å². The number of urea groups is 1. The van der Waals surface area contributed by atoms with Crippen molar-refractivity contribution >= 4 is 12.0 Å². The number of methoxy groups -OCH3 is 1. The summed E-state index contributed by atoms with van der Waals surface area (Å²) >= 11 is 0. The zero-order chi connectivity index (χ0) is 13.4. The molecule has 3 N–H and O–H groups in total. The Labute approximate surface area is 106 Å². The van der Waals surface area contributed by atoms with Crippen LogP contribution in [0.5, 0.6) is 0 Å². The summed E-state index contributed by atoms with van der Waals surface area (Å²) in [6.45, 7) is 1.98. The van der Waals surface area contributed by atoms with Crippen molar-refractivity contribution in [2.45, 2.75) is 18.9 Å². The second kappa shape index (κ2) is 7.88. The first-order valence-corrected chi connectivity index (χ1v) is 5.97. The predicted octanol–water partition coefficient (Wildman–Crippen LogP) is -0.188. The van der Waals surface area contributed by atoms with Crippen LogP contribution in [-0.4, -0.2) is 56.6 Å². The summed E-state index contributed by atoms with van der Waals surface area (Å²) in [7, 11) is 1.38. The molecule has 0 spiro atoms. The number of rotatable bonds is 7. The highest BCUT2D eigenvalue weighted by atomic mass is 16.5. The Kier molecular flexibility index (Phi) is 6.45. The highest BCUT2D eigenvalue weighted by molar-refractivity contribution is 5.82. The summed E-state index contributed by atoms with van der Waals surface area (Å²) in [4.78, 5) is 22.2. The van der Waals surface area contributed by atoms with Crippen LogP contribution in [-0.2, 0) is 14.3 Å². The summed E-state index contributed by atoms with van der Waals surface area (Å²) in [6, 6.07) is -1.51. The van der Waals surface area contributed by atoms with Gasteiger partial charge in [-0.3, -0.25) is 0 Å². The molecule has 1 saturated heterocycles. The molecule has 0 aromatic rings. The molecule has 18 heavy (non-hydrogen) atoms. The maximum absolute atomic E-state index is 11.4. The van der Waals surface area contributed by atoms with Gasteiger partial charge in [-0.25, -0.2) is 9.59 Å². The molecule has 1 rings (SSSR count). The van der Waals surface area contributed by atoms with Crippen LogP contribution in [0.3, 0.4) is 0 Å². The monoisotopic (exact) mass is 260 g/mol. The molecular formula is C11H20N2O5. The van der Waals surface area contributed by atoms with Crippen molar-refractivity contribution in [1.29, 1.82) is 0 Å². The molecule has 1 aliphatic heterocycles. The van der Waals surface area contributed by atoms with E-state index in [9.17, 15) is 9.59 Å². The van der Waals surface area contributed by atoms with Gasteiger partial charge in [0.05, 0.1) is 6.61 Å². The number of carboxylic acid groups (broad SMARTS) is 1. The molecule has 1 heterocycles. The van der Waals surface area contributed by atoms with E-state index in [2.05, 4.69) is 10.6 Å². The van der Waals surface area contributed by atoms with Crippen LogP contribution in [0, 0.1) is 5.92 Å². The first-order chi connectivity index (χ1) is 8.63. The topological polar surface area (TPSA) is 96.9 Å². The maximum atomic E-state index is 11.4. The lowest BCUT2D eigenvalue weighted by atomic mass is 10.1. The van der Waals surface area contributed by atoms with E-state index in [1.54, 1.807) is 0 Å². The Morgan fingerprint density at radius 3 is 2.89 bits per heavy atom. The third-order valence-electron chi connectivity index (χ3n) is 2.80. The van der Waals surface area contributed by atoms with E-state index in [0.717, 1.165) is 26.1 Å². The summed E-state index contributed by atoms with van der Waals surface area (Å²) in [5.41, 5.74) is 0. The highest BCUT2D eigenvalue weighted by Crippen LogP contribution is 2.14. The fraction of sp³-hybridized carbons (Fsp3) is 0.818. The molecular weight excluding hydrogens is 240 g/mol. The maximum Gasteiger partial charge on any atom is 0.328 e. The van der Waals surface area contributed by atoms with Gasteiger partial charge < -0.3 is 25.2 Å². The van der Waals surface area contributed by atoms with Crippen molar-refractivity contribution < 1.29 is 24.2 Å². The second-order valence-electron chi connectivity index (χ2n) is 4.26. The Morgan fingerprint density at radius 2 is 2.33 bits per heavy atom. The Hall–Kier alpha value is -1.34. The van der Waals surface area contributed by atoms with Crippen LogP contribution in [0.25, 0.3) is 0 Å². The number of carboxylic acids is 1. The zero-order valence-electron chi connectivity index (χ0n) is 10.5. The lowest BCUT2D eigenvalue weighted by molar-refractivity contribution is -0.140. The van der Waals surface area contributed by atoms with Crippen molar-refractivity contribution in [1.82, 2.24) is 10.6 Å². The summed E-state index contributed by atoms with van der Waals surface area (Å²) in [6.07, 6.45) is 1.86. The summed E-state index contributed by atoms with van der Waals surface area (Å²) in [5.74, 6) is -0.629. The predicted molar refractivity (Wildman–Crippen MR) is 63.4 cm³/mol. The van der Waals surface area contributed by atoms with E-state index in [0.29, 0.717) is 12.5 Å². The minimum absolute atomic E-state index is 0.0563. The molecule has 0 aliphatic carbocycles. The van der Waals surface area contributed by atoms with Gasteiger partial charge in [-0.15, -0.1) is 0 Å². The fourth-order valence-corrected chi connectivity index (χ4v) is 1.75. The molecule has 0 saturated carbocycles. The first kappa shape index (κ1) is 14.7. The second-order valence-corrected chi connectivity index (χ2v) is 4.26. The van der Waals surface area contributed by atoms with Crippen LogP contribution in [0.4, 0.5) is 4.79 Å². The van der Waals surface area contributed by atoms with Crippen molar-refractivity contribution in [2.75, 3.05) is 33.5 Å². The molecule has 7 heteroatoms. The van der Waals surface area contributed by atoms with Crippen molar-refractivity contribution in [3.8, 4) is 0 Å². The van der Waals surface area contributed by atoms with Crippen molar-refractivity contribution in [2.24, 2.45) is 5.92 Å². The van der Waals surface area contributed by atoms with Gasteiger partial charge in [0.2, 0.25) is 0 Å². The van der Waals surface area contributed by atoms with Crippen LogP contribution in [0.1, 0.15) is 12.8 Å². The van der Waals surface area contributed by atoms with Crippen molar-refractivity contribution in [3.05, 3.63) is 0 Å². The van der Waals surface area contributed by atoms with Gasteiger partial charge in [-0.05, 0) is 18.8 Å². The van der Waals surface area contributed by atoms with E-state index in [4.69, 9.17) is 14.6 Å². The van der Waals surface area contributed by atoms with Gasteiger partial charge in [0.15, 0.2) is 6.04 Å². The number of aliphatic carboxylic acids is 1. The van der Waals surface area contributed by atoms with E-state index >= 15 is 0 Å². The van der Waals surface area contributed by atoms with Crippen molar-refractivity contribution in [3.63, 3.8) is 0 Å².